The maximum absolute atomic E-state index is 12.8. The molecule has 2 aromatic rings. The van der Waals surface area contributed by atoms with Crippen LogP contribution in [0.25, 0.3) is 11.1 Å². The summed E-state index contributed by atoms with van der Waals surface area (Å²) in [5.41, 5.74) is 1.28. The average molecular weight is 331 g/mol. The third-order valence-corrected chi connectivity index (χ3v) is 4.82. The Labute approximate surface area is 139 Å². The molecule has 1 atom stereocenters. The molecule has 0 spiro atoms. The van der Waals surface area contributed by atoms with Gasteiger partial charge in [0.15, 0.2) is 0 Å². The molecule has 2 aromatic heterocycles. The van der Waals surface area contributed by atoms with Gasteiger partial charge in [-0.2, -0.15) is 4.98 Å². The predicted molar refractivity (Wildman–Crippen MR) is 86.7 cm³/mol. The number of hydrogen-bond acceptors (Lipinski definition) is 7. The summed E-state index contributed by atoms with van der Waals surface area (Å²) in [5, 5.41) is 4.83. The van der Waals surface area contributed by atoms with Crippen LogP contribution in [0.2, 0.25) is 0 Å². The number of fused-ring (bicyclic) bond motifs is 1. The Morgan fingerprint density at radius 1 is 1.25 bits per heavy atom. The van der Waals surface area contributed by atoms with E-state index in [1.807, 2.05) is 11.8 Å². The van der Waals surface area contributed by atoms with Crippen LogP contribution in [0.3, 0.4) is 0 Å². The zero-order chi connectivity index (χ0) is 16.5. The highest BCUT2D eigenvalue weighted by Crippen LogP contribution is 2.30. The molecule has 2 aliphatic heterocycles. The van der Waals surface area contributed by atoms with Crippen molar-refractivity contribution < 1.29 is 14.1 Å². The van der Waals surface area contributed by atoms with Crippen molar-refractivity contribution in [3.63, 3.8) is 0 Å². The van der Waals surface area contributed by atoms with Crippen LogP contribution in [0.15, 0.2) is 10.9 Å². The van der Waals surface area contributed by atoms with Crippen molar-refractivity contribution in [1.29, 1.82) is 0 Å². The van der Waals surface area contributed by atoms with Gasteiger partial charge < -0.3 is 19.1 Å². The molecule has 0 bridgehead atoms. The molecule has 4 heterocycles. The average Bonchev–Trinajstić information content (AvgIpc) is 3.03. The van der Waals surface area contributed by atoms with Crippen LogP contribution >= 0.6 is 0 Å². The number of carbonyl (C=O) groups is 1. The fourth-order valence-electron chi connectivity index (χ4n) is 3.56. The number of morpholine rings is 1. The SMILES string of the molecule is Cc1noc2ncnc(N3CCC[C@H](C(=O)N4CCOCC4)C3)c12. The number of amides is 1. The molecular formula is C16H21N5O3. The number of aromatic nitrogens is 3. The standard InChI is InChI=1S/C16H21N5O3/c1-11-13-14(17-10-18-15(13)24-19-11)21-4-2-3-12(9-21)16(22)20-5-7-23-8-6-20/h10,12H,2-9H2,1H3/t12-/m0/s1. The predicted octanol–water partition coefficient (Wildman–Crippen LogP) is 1.00. The molecule has 2 saturated heterocycles. The van der Waals surface area contributed by atoms with E-state index in [9.17, 15) is 4.79 Å². The summed E-state index contributed by atoms with van der Waals surface area (Å²) in [6.45, 7) is 6.09. The van der Waals surface area contributed by atoms with Gasteiger partial charge in [0.05, 0.1) is 24.8 Å². The van der Waals surface area contributed by atoms with Crippen LogP contribution in [0, 0.1) is 12.8 Å². The van der Waals surface area contributed by atoms with Crippen molar-refractivity contribution in [2.24, 2.45) is 5.92 Å². The monoisotopic (exact) mass is 331 g/mol. The Hall–Kier alpha value is -2.22. The number of anilines is 1. The topological polar surface area (TPSA) is 84.6 Å². The number of carbonyl (C=O) groups excluding carboxylic acids is 1. The van der Waals surface area contributed by atoms with Crippen molar-refractivity contribution >= 4 is 22.8 Å². The molecule has 0 radical (unpaired) electrons. The summed E-state index contributed by atoms with van der Waals surface area (Å²) in [6.07, 6.45) is 3.38. The first-order valence-corrected chi connectivity index (χ1v) is 8.42. The van der Waals surface area contributed by atoms with Crippen molar-refractivity contribution in [1.82, 2.24) is 20.0 Å². The Kier molecular flexibility index (Phi) is 4.05. The molecule has 4 rings (SSSR count). The second-order valence-corrected chi connectivity index (χ2v) is 6.37. The van der Waals surface area contributed by atoms with Gasteiger partial charge >= 0.3 is 0 Å². The minimum Gasteiger partial charge on any atom is -0.378 e. The molecule has 128 valence electrons. The minimum atomic E-state index is 0.00188. The number of rotatable bonds is 2. The van der Waals surface area contributed by atoms with Gasteiger partial charge in [-0.3, -0.25) is 4.79 Å². The highest BCUT2D eigenvalue weighted by atomic mass is 16.5. The molecule has 24 heavy (non-hydrogen) atoms. The van der Waals surface area contributed by atoms with Crippen LogP contribution in [-0.4, -0.2) is 65.3 Å². The first-order chi connectivity index (χ1) is 11.7. The summed E-state index contributed by atoms with van der Waals surface area (Å²) in [7, 11) is 0. The van der Waals surface area contributed by atoms with E-state index in [1.54, 1.807) is 0 Å². The van der Waals surface area contributed by atoms with Crippen molar-refractivity contribution in [3.8, 4) is 0 Å². The molecule has 1 amide bonds. The summed E-state index contributed by atoms with van der Waals surface area (Å²) in [4.78, 5) is 25.5. The van der Waals surface area contributed by atoms with E-state index in [2.05, 4.69) is 20.0 Å². The van der Waals surface area contributed by atoms with Crippen molar-refractivity contribution in [2.45, 2.75) is 19.8 Å². The van der Waals surface area contributed by atoms with E-state index in [0.29, 0.717) is 38.6 Å². The van der Waals surface area contributed by atoms with E-state index in [0.717, 1.165) is 36.3 Å². The number of nitrogens with zero attached hydrogens (tertiary/aromatic N) is 5. The third-order valence-electron chi connectivity index (χ3n) is 4.82. The normalized spacial score (nSPS) is 22.1. The molecule has 0 unspecified atom stereocenters. The van der Waals surface area contributed by atoms with Gasteiger partial charge in [-0.1, -0.05) is 5.16 Å². The summed E-state index contributed by atoms with van der Waals surface area (Å²) in [6, 6.07) is 0. The van der Waals surface area contributed by atoms with Crippen LogP contribution in [0.4, 0.5) is 5.82 Å². The lowest BCUT2D eigenvalue weighted by atomic mass is 9.96. The second-order valence-electron chi connectivity index (χ2n) is 6.37. The molecule has 0 N–H and O–H groups in total. The first-order valence-electron chi connectivity index (χ1n) is 8.42. The number of ether oxygens (including phenoxy) is 1. The molecule has 2 fully saturated rings. The molecule has 0 saturated carbocycles. The number of piperidine rings is 1. The summed E-state index contributed by atoms with van der Waals surface area (Å²) in [5.74, 6) is 1.05. The Morgan fingerprint density at radius 3 is 2.92 bits per heavy atom. The molecule has 8 nitrogen and oxygen atoms in total. The quantitative estimate of drug-likeness (QED) is 0.811. The lowest BCUT2D eigenvalue weighted by molar-refractivity contribution is -0.139. The second kappa shape index (κ2) is 6.35. The molecule has 2 aliphatic rings. The van der Waals surface area contributed by atoms with Gasteiger partial charge in [-0.15, -0.1) is 0 Å². The molecule has 0 aromatic carbocycles. The van der Waals surface area contributed by atoms with Crippen LogP contribution in [0.1, 0.15) is 18.5 Å². The van der Waals surface area contributed by atoms with E-state index in [1.165, 1.54) is 6.33 Å². The van der Waals surface area contributed by atoms with Gasteiger partial charge in [-0.05, 0) is 19.8 Å². The first kappa shape index (κ1) is 15.3. The molecule has 0 aliphatic carbocycles. The maximum atomic E-state index is 12.8. The van der Waals surface area contributed by atoms with Gasteiger partial charge in [0, 0.05) is 26.2 Å². The maximum Gasteiger partial charge on any atom is 0.263 e. The van der Waals surface area contributed by atoms with Crippen molar-refractivity contribution in [3.05, 3.63) is 12.0 Å². The van der Waals surface area contributed by atoms with Gasteiger partial charge in [0.1, 0.15) is 17.5 Å². The van der Waals surface area contributed by atoms with E-state index >= 15 is 0 Å². The Balaban J connectivity index is 1.56. The Morgan fingerprint density at radius 2 is 2.08 bits per heavy atom. The number of hydrogen-bond donors (Lipinski definition) is 0. The van der Waals surface area contributed by atoms with Crippen molar-refractivity contribution in [2.75, 3.05) is 44.3 Å². The zero-order valence-electron chi connectivity index (χ0n) is 13.8. The smallest absolute Gasteiger partial charge is 0.263 e. The largest absolute Gasteiger partial charge is 0.378 e. The minimum absolute atomic E-state index is 0.00188. The Bertz CT molecular complexity index is 740. The van der Waals surface area contributed by atoms with Gasteiger partial charge in [-0.25, -0.2) is 4.98 Å². The highest BCUT2D eigenvalue weighted by molar-refractivity contribution is 5.88. The summed E-state index contributed by atoms with van der Waals surface area (Å²) >= 11 is 0. The lowest BCUT2D eigenvalue weighted by Crippen LogP contribution is -2.48. The van der Waals surface area contributed by atoms with E-state index < -0.39 is 0 Å². The molecular weight excluding hydrogens is 310 g/mol. The lowest BCUT2D eigenvalue weighted by Gasteiger charge is -2.36. The fourth-order valence-corrected chi connectivity index (χ4v) is 3.56. The van der Waals surface area contributed by atoms with Gasteiger partial charge in [0.25, 0.3) is 5.71 Å². The fraction of sp³-hybridized carbons (Fsp3) is 0.625. The number of aryl methyl sites for hydroxylation is 1. The van der Waals surface area contributed by atoms with Gasteiger partial charge in [0.2, 0.25) is 5.91 Å². The zero-order valence-corrected chi connectivity index (χ0v) is 13.8. The van der Waals surface area contributed by atoms with E-state index in [-0.39, 0.29) is 11.8 Å². The van der Waals surface area contributed by atoms with E-state index in [4.69, 9.17) is 9.26 Å². The third kappa shape index (κ3) is 2.71. The summed E-state index contributed by atoms with van der Waals surface area (Å²) < 4.78 is 10.6. The van der Waals surface area contributed by atoms with Crippen LogP contribution in [0.5, 0.6) is 0 Å². The van der Waals surface area contributed by atoms with Crippen LogP contribution in [-0.2, 0) is 9.53 Å². The molecule has 8 heteroatoms. The highest BCUT2D eigenvalue weighted by Gasteiger charge is 2.31. The van der Waals surface area contributed by atoms with Crippen LogP contribution < -0.4 is 4.90 Å².